The van der Waals surface area contributed by atoms with Gasteiger partial charge in [0, 0.05) is 41.9 Å². The van der Waals surface area contributed by atoms with Crippen LogP contribution in [-0.2, 0) is 19.4 Å². The Morgan fingerprint density at radius 3 is 2.64 bits per heavy atom. The Bertz CT molecular complexity index is 668. The molecule has 0 saturated carbocycles. The number of aliphatic imine (C=N–C) groups is 1. The molecule has 0 saturated heterocycles. The van der Waals surface area contributed by atoms with Crippen molar-refractivity contribution >= 4 is 28.6 Å². The van der Waals surface area contributed by atoms with Crippen LogP contribution in [0.5, 0.6) is 0 Å². The van der Waals surface area contributed by atoms with Crippen LogP contribution in [0.2, 0.25) is 0 Å². The first kappa shape index (κ1) is 19.8. The van der Waals surface area contributed by atoms with Crippen LogP contribution in [0.25, 0.3) is 0 Å². The number of hydrogen-bond acceptors (Lipinski definition) is 5. The molecule has 0 fully saturated rings. The first-order valence-electron chi connectivity index (χ1n) is 8.86. The summed E-state index contributed by atoms with van der Waals surface area (Å²) in [7, 11) is 0. The summed E-state index contributed by atoms with van der Waals surface area (Å²) in [5.41, 5.74) is 1.14. The maximum absolute atomic E-state index is 4.68. The van der Waals surface area contributed by atoms with E-state index in [2.05, 4.69) is 60.2 Å². The molecule has 2 N–H and O–H groups in total. The van der Waals surface area contributed by atoms with Crippen LogP contribution in [0.1, 0.15) is 46.2 Å². The molecule has 138 valence electrons. The van der Waals surface area contributed by atoms with Crippen molar-refractivity contribution in [1.29, 1.82) is 0 Å². The molecule has 0 bridgehead atoms. The maximum Gasteiger partial charge on any atom is 0.191 e. The summed E-state index contributed by atoms with van der Waals surface area (Å²) < 4.78 is 0. The van der Waals surface area contributed by atoms with Gasteiger partial charge in [0.05, 0.1) is 22.3 Å². The zero-order valence-electron chi connectivity index (χ0n) is 15.8. The minimum Gasteiger partial charge on any atom is -0.357 e. The van der Waals surface area contributed by atoms with Gasteiger partial charge in [-0.15, -0.1) is 22.7 Å². The van der Waals surface area contributed by atoms with Crippen molar-refractivity contribution < 1.29 is 0 Å². The van der Waals surface area contributed by atoms with E-state index in [0.717, 1.165) is 37.6 Å². The van der Waals surface area contributed by atoms with Crippen molar-refractivity contribution in [2.45, 2.75) is 54.0 Å². The van der Waals surface area contributed by atoms with Crippen LogP contribution in [0.4, 0.5) is 0 Å². The molecule has 5 nitrogen and oxygen atoms in total. The van der Waals surface area contributed by atoms with E-state index < -0.39 is 0 Å². The van der Waals surface area contributed by atoms with Gasteiger partial charge >= 0.3 is 0 Å². The van der Waals surface area contributed by atoms with E-state index in [-0.39, 0.29) is 0 Å². The van der Waals surface area contributed by atoms with E-state index in [1.54, 1.807) is 22.7 Å². The Labute approximate surface area is 159 Å². The number of guanidine groups is 1. The van der Waals surface area contributed by atoms with Crippen molar-refractivity contribution in [3.05, 3.63) is 31.7 Å². The van der Waals surface area contributed by atoms with E-state index in [9.17, 15) is 0 Å². The Morgan fingerprint density at radius 2 is 2.00 bits per heavy atom. The average molecular weight is 380 g/mol. The van der Waals surface area contributed by atoms with Gasteiger partial charge in [0.2, 0.25) is 0 Å². The number of hydrogen-bond donors (Lipinski definition) is 2. The number of rotatable bonds is 8. The highest BCUT2D eigenvalue weighted by molar-refractivity contribution is 7.11. The number of thiazole rings is 2. The SMILES string of the molecule is CCNC(=NCc1cnc(CC(C)C)s1)NCCc1nc(C)c(C)s1. The number of aryl methyl sites for hydroxylation is 2. The highest BCUT2D eigenvalue weighted by Crippen LogP contribution is 2.18. The zero-order valence-corrected chi connectivity index (χ0v) is 17.5. The summed E-state index contributed by atoms with van der Waals surface area (Å²) in [6, 6.07) is 0. The fourth-order valence-corrected chi connectivity index (χ4v) is 4.29. The third kappa shape index (κ3) is 6.74. The largest absolute Gasteiger partial charge is 0.357 e. The molecule has 25 heavy (non-hydrogen) atoms. The van der Waals surface area contributed by atoms with Crippen LogP contribution < -0.4 is 10.6 Å². The zero-order chi connectivity index (χ0) is 18.2. The van der Waals surface area contributed by atoms with Crippen LogP contribution in [0.15, 0.2) is 11.2 Å². The first-order valence-corrected chi connectivity index (χ1v) is 10.5. The van der Waals surface area contributed by atoms with E-state index >= 15 is 0 Å². The molecule has 0 aliphatic rings. The minimum atomic E-state index is 0.639. The molecule has 0 aromatic carbocycles. The molecule has 0 atom stereocenters. The van der Waals surface area contributed by atoms with E-state index in [4.69, 9.17) is 0 Å². The molecular weight excluding hydrogens is 350 g/mol. The molecule has 0 radical (unpaired) electrons. The lowest BCUT2D eigenvalue weighted by Gasteiger charge is -2.10. The van der Waals surface area contributed by atoms with Gasteiger partial charge in [0.1, 0.15) is 0 Å². The van der Waals surface area contributed by atoms with Crippen molar-refractivity contribution in [3.8, 4) is 0 Å². The lowest BCUT2D eigenvalue weighted by Crippen LogP contribution is -2.38. The second kappa shape index (κ2) is 9.87. The molecule has 0 amide bonds. The summed E-state index contributed by atoms with van der Waals surface area (Å²) in [4.78, 5) is 16.3. The summed E-state index contributed by atoms with van der Waals surface area (Å²) >= 11 is 3.54. The molecule has 0 spiro atoms. The second-order valence-electron chi connectivity index (χ2n) is 6.44. The smallest absolute Gasteiger partial charge is 0.191 e. The molecule has 7 heteroatoms. The van der Waals surface area contributed by atoms with Crippen LogP contribution >= 0.6 is 22.7 Å². The van der Waals surface area contributed by atoms with Gasteiger partial charge in [-0.25, -0.2) is 15.0 Å². The Kier molecular flexibility index (Phi) is 7.84. The Morgan fingerprint density at radius 1 is 1.20 bits per heavy atom. The van der Waals surface area contributed by atoms with Gasteiger partial charge in [-0.05, 0) is 26.7 Å². The summed E-state index contributed by atoms with van der Waals surface area (Å²) in [6.45, 7) is 13.1. The second-order valence-corrected chi connectivity index (χ2v) is 8.93. The topological polar surface area (TPSA) is 62.2 Å². The van der Waals surface area contributed by atoms with E-state index in [0.29, 0.717) is 12.5 Å². The lowest BCUT2D eigenvalue weighted by atomic mass is 10.1. The molecule has 2 aromatic rings. The molecule has 0 unspecified atom stereocenters. The molecule has 0 aliphatic heterocycles. The van der Waals surface area contributed by atoms with Crippen molar-refractivity contribution in [1.82, 2.24) is 20.6 Å². The number of nitrogens with zero attached hydrogens (tertiary/aromatic N) is 3. The highest BCUT2D eigenvalue weighted by atomic mass is 32.1. The van der Waals surface area contributed by atoms with Crippen molar-refractivity contribution in [3.63, 3.8) is 0 Å². The standard InChI is InChI=1S/C18H29N5S2/c1-6-19-18(20-8-7-16-23-13(4)14(5)24-16)22-11-15-10-21-17(25-15)9-12(2)3/h10,12H,6-9,11H2,1-5H3,(H2,19,20,22). The Balaban J connectivity index is 1.85. The number of nitrogens with one attached hydrogen (secondary N) is 2. The molecule has 0 aliphatic carbocycles. The monoisotopic (exact) mass is 379 g/mol. The molecule has 2 aromatic heterocycles. The van der Waals surface area contributed by atoms with Gasteiger partial charge in [-0.1, -0.05) is 13.8 Å². The van der Waals surface area contributed by atoms with Gasteiger partial charge < -0.3 is 10.6 Å². The van der Waals surface area contributed by atoms with E-state index in [1.165, 1.54) is 19.8 Å². The van der Waals surface area contributed by atoms with Gasteiger partial charge in [0.15, 0.2) is 5.96 Å². The third-order valence-corrected chi connectivity index (χ3v) is 5.76. The predicted octanol–water partition coefficient (Wildman–Crippen LogP) is 3.71. The summed E-state index contributed by atoms with van der Waals surface area (Å²) in [5, 5.41) is 9.08. The lowest BCUT2D eigenvalue weighted by molar-refractivity contribution is 0.644. The minimum absolute atomic E-state index is 0.639. The van der Waals surface area contributed by atoms with Crippen molar-refractivity contribution in [2.24, 2.45) is 10.9 Å². The van der Waals surface area contributed by atoms with Crippen LogP contribution in [0.3, 0.4) is 0 Å². The fraction of sp³-hybridized carbons (Fsp3) is 0.611. The normalized spacial score (nSPS) is 12.0. The average Bonchev–Trinajstić information content (AvgIpc) is 3.11. The maximum atomic E-state index is 4.68. The van der Waals surface area contributed by atoms with Gasteiger partial charge in [-0.2, -0.15) is 0 Å². The Hall–Kier alpha value is -1.47. The first-order chi connectivity index (χ1) is 12.0. The van der Waals surface area contributed by atoms with E-state index in [1.807, 2.05) is 6.20 Å². The molecule has 2 rings (SSSR count). The van der Waals surface area contributed by atoms with Crippen molar-refractivity contribution in [2.75, 3.05) is 13.1 Å². The highest BCUT2D eigenvalue weighted by Gasteiger charge is 2.06. The quantitative estimate of drug-likeness (QED) is 0.542. The third-order valence-electron chi connectivity index (χ3n) is 3.63. The molecular formula is C18H29N5S2. The van der Waals surface area contributed by atoms with Crippen LogP contribution in [-0.4, -0.2) is 29.0 Å². The number of aromatic nitrogens is 2. The molecule has 2 heterocycles. The predicted molar refractivity (Wildman–Crippen MR) is 109 cm³/mol. The summed E-state index contributed by atoms with van der Waals surface area (Å²) in [6.07, 6.45) is 3.92. The fourth-order valence-electron chi connectivity index (χ4n) is 2.30. The van der Waals surface area contributed by atoms with Gasteiger partial charge in [-0.3, -0.25) is 0 Å². The van der Waals surface area contributed by atoms with Crippen LogP contribution in [0, 0.1) is 19.8 Å². The van der Waals surface area contributed by atoms with Gasteiger partial charge in [0.25, 0.3) is 0 Å². The summed E-state index contributed by atoms with van der Waals surface area (Å²) in [5.74, 6) is 1.49.